The molecule has 1 aromatic carbocycles. The average molecular weight is 456 g/mol. The molecule has 128 valence electrons. The normalized spacial score (nSPS) is 13.2. The van der Waals surface area contributed by atoms with Gasteiger partial charge in [-0.05, 0) is 29.5 Å². The van der Waals surface area contributed by atoms with Crippen molar-refractivity contribution in [3.8, 4) is 0 Å². The second kappa shape index (κ2) is 9.03. The van der Waals surface area contributed by atoms with Crippen LogP contribution in [-0.2, 0) is 17.8 Å². The molecule has 7 heteroatoms. The van der Waals surface area contributed by atoms with Crippen molar-refractivity contribution in [3.05, 3.63) is 52.2 Å². The van der Waals surface area contributed by atoms with Crippen molar-refractivity contribution in [2.45, 2.75) is 13.0 Å². The van der Waals surface area contributed by atoms with Crippen LogP contribution in [0.4, 0.5) is 5.69 Å². The van der Waals surface area contributed by atoms with E-state index < -0.39 is 0 Å². The number of carbonyl (C=O) groups is 1. The first-order valence-electron chi connectivity index (χ1n) is 7.63. The number of halogens is 1. The van der Waals surface area contributed by atoms with E-state index in [1.165, 1.54) is 10.4 Å². The van der Waals surface area contributed by atoms with Gasteiger partial charge in [0.05, 0.1) is 13.1 Å². The largest absolute Gasteiger partial charge is 0.352 e. The van der Waals surface area contributed by atoms with Crippen molar-refractivity contribution in [3.63, 3.8) is 0 Å². The average Bonchev–Trinajstić information content (AvgIpc) is 3.24. The number of hydrogen-bond donors (Lipinski definition) is 2. The first-order chi connectivity index (χ1) is 11.3. The van der Waals surface area contributed by atoms with Crippen LogP contribution in [0.1, 0.15) is 10.4 Å². The highest BCUT2D eigenvalue weighted by Gasteiger charge is 2.23. The number of fused-ring (bicyclic) bond motifs is 1. The lowest BCUT2D eigenvalue weighted by Gasteiger charge is -2.18. The highest BCUT2D eigenvalue weighted by atomic mass is 127. The number of hydrogen-bond acceptors (Lipinski definition) is 3. The molecule has 0 spiro atoms. The fraction of sp³-hybridized carbons (Fsp3) is 0.294. The van der Waals surface area contributed by atoms with Crippen molar-refractivity contribution in [1.29, 1.82) is 0 Å². The molecule has 1 aromatic heterocycles. The molecule has 5 nitrogen and oxygen atoms in total. The number of aliphatic imine (C=N–C) groups is 1. The number of thiophene rings is 1. The lowest BCUT2D eigenvalue weighted by molar-refractivity contribution is -0.117. The minimum absolute atomic E-state index is 0. The van der Waals surface area contributed by atoms with Crippen LogP contribution in [0.25, 0.3) is 0 Å². The molecule has 0 radical (unpaired) electrons. The molecule has 2 heterocycles. The predicted molar refractivity (Wildman–Crippen MR) is 110 cm³/mol. The summed E-state index contributed by atoms with van der Waals surface area (Å²) < 4.78 is 0. The van der Waals surface area contributed by atoms with Crippen LogP contribution in [0.3, 0.4) is 0 Å². The number of nitrogens with one attached hydrogen (secondary N) is 2. The van der Waals surface area contributed by atoms with Crippen LogP contribution in [-0.4, -0.2) is 32.0 Å². The van der Waals surface area contributed by atoms with Crippen LogP contribution < -0.4 is 15.5 Å². The minimum atomic E-state index is 0. The topological polar surface area (TPSA) is 56.7 Å². The Morgan fingerprint density at radius 3 is 2.83 bits per heavy atom. The van der Waals surface area contributed by atoms with Crippen LogP contribution >= 0.6 is 35.3 Å². The molecule has 2 N–H and O–H groups in total. The fourth-order valence-corrected chi connectivity index (χ4v) is 3.30. The maximum atomic E-state index is 12.4. The van der Waals surface area contributed by atoms with E-state index in [9.17, 15) is 4.79 Å². The third-order valence-electron chi connectivity index (χ3n) is 3.83. The van der Waals surface area contributed by atoms with Gasteiger partial charge in [-0.2, -0.15) is 0 Å². The molecule has 0 aliphatic carbocycles. The van der Waals surface area contributed by atoms with Crippen LogP contribution in [0, 0.1) is 0 Å². The third kappa shape index (κ3) is 4.47. The number of amides is 1. The molecular weight excluding hydrogens is 435 g/mol. The van der Waals surface area contributed by atoms with E-state index in [4.69, 9.17) is 0 Å². The number of rotatable bonds is 4. The molecule has 3 rings (SSSR count). The number of benzene rings is 1. The van der Waals surface area contributed by atoms with Gasteiger partial charge in [-0.1, -0.05) is 24.3 Å². The number of para-hydroxylation sites is 1. The molecule has 0 atom stereocenters. The second-order valence-corrected chi connectivity index (χ2v) is 6.32. The number of anilines is 1. The van der Waals surface area contributed by atoms with E-state index in [0.29, 0.717) is 12.5 Å². The van der Waals surface area contributed by atoms with E-state index in [0.717, 1.165) is 18.7 Å². The zero-order valence-electron chi connectivity index (χ0n) is 13.5. The summed E-state index contributed by atoms with van der Waals surface area (Å²) in [6, 6.07) is 12.2. The summed E-state index contributed by atoms with van der Waals surface area (Å²) in [4.78, 5) is 19.7. The minimum Gasteiger partial charge on any atom is -0.352 e. The SMILES string of the molecule is CN=C(NCC(=O)N1CCc2ccccc21)NCc1cccs1.I. The number of guanidine groups is 1. The molecule has 0 fully saturated rings. The Kier molecular flexibility index (Phi) is 7.04. The summed E-state index contributed by atoms with van der Waals surface area (Å²) in [5, 5.41) is 8.35. The van der Waals surface area contributed by atoms with Crippen molar-refractivity contribution < 1.29 is 4.79 Å². The highest BCUT2D eigenvalue weighted by Crippen LogP contribution is 2.27. The second-order valence-electron chi connectivity index (χ2n) is 5.28. The predicted octanol–water partition coefficient (Wildman–Crippen LogP) is 2.62. The Labute approximate surface area is 163 Å². The summed E-state index contributed by atoms with van der Waals surface area (Å²) in [5.74, 6) is 0.702. The molecule has 0 saturated carbocycles. The summed E-state index contributed by atoms with van der Waals surface area (Å²) in [5.41, 5.74) is 2.27. The summed E-state index contributed by atoms with van der Waals surface area (Å²) in [6.45, 7) is 1.69. The van der Waals surface area contributed by atoms with Gasteiger partial charge < -0.3 is 15.5 Å². The van der Waals surface area contributed by atoms with Gasteiger partial charge in [0, 0.05) is 24.2 Å². The van der Waals surface area contributed by atoms with Gasteiger partial charge >= 0.3 is 0 Å². The van der Waals surface area contributed by atoms with Crippen molar-refractivity contribution in [1.82, 2.24) is 10.6 Å². The lowest BCUT2D eigenvalue weighted by atomic mass is 10.2. The first kappa shape index (κ1) is 18.7. The maximum Gasteiger partial charge on any atom is 0.246 e. The van der Waals surface area contributed by atoms with Gasteiger partial charge in [-0.3, -0.25) is 9.79 Å². The van der Waals surface area contributed by atoms with Gasteiger partial charge in [-0.15, -0.1) is 35.3 Å². The summed E-state index contributed by atoms with van der Waals surface area (Å²) in [7, 11) is 1.71. The molecule has 1 amide bonds. The van der Waals surface area contributed by atoms with E-state index >= 15 is 0 Å². The van der Waals surface area contributed by atoms with Gasteiger partial charge in [0.25, 0.3) is 0 Å². The molecule has 1 aliphatic rings. The monoisotopic (exact) mass is 456 g/mol. The summed E-state index contributed by atoms with van der Waals surface area (Å²) >= 11 is 1.69. The van der Waals surface area contributed by atoms with Gasteiger partial charge in [0.2, 0.25) is 5.91 Å². The zero-order chi connectivity index (χ0) is 16.1. The van der Waals surface area contributed by atoms with Crippen molar-refractivity contribution >= 4 is 52.9 Å². The molecule has 0 bridgehead atoms. The quantitative estimate of drug-likeness (QED) is 0.423. The zero-order valence-corrected chi connectivity index (χ0v) is 16.6. The highest BCUT2D eigenvalue weighted by molar-refractivity contribution is 14.0. The Bertz CT molecular complexity index is 702. The fourth-order valence-electron chi connectivity index (χ4n) is 2.66. The Hall–Kier alpha value is -1.61. The van der Waals surface area contributed by atoms with E-state index in [2.05, 4.69) is 27.8 Å². The van der Waals surface area contributed by atoms with Crippen LogP contribution in [0.2, 0.25) is 0 Å². The smallest absolute Gasteiger partial charge is 0.246 e. The molecule has 0 unspecified atom stereocenters. The molecule has 1 aliphatic heterocycles. The van der Waals surface area contributed by atoms with Gasteiger partial charge in [0.15, 0.2) is 5.96 Å². The van der Waals surface area contributed by atoms with Gasteiger partial charge in [0.1, 0.15) is 0 Å². The third-order valence-corrected chi connectivity index (χ3v) is 4.71. The van der Waals surface area contributed by atoms with Crippen LogP contribution in [0.5, 0.6) is 0 Å². The number of nitrogens with zero attached hydrogens (tertiary/aromatic N) is 2. The Balaban J connectivity index is 0.00000208. The molecule has 2 aromatic rings. The van der Waals surface area contributed by atoms with E-state index in [-0.39, 0.29) is 36.4 Å². The molecule has 24 heavy (non-hydrogen) atoms. The van der Waals surface area contributed by atoms with Crippen LogP contribution in [0.15, 0.2) is 46.8 Å². The standard InChI is InChI=1S/C17H20N4OS.HI/c1-18-17(19-11-14-6-4-10-23-14)20-12-16(22)21-9-8-13-5-2-3-7-15(13)21;/h2-7,10H,8-9,11-12H2,1H3,(H2,18,19,20);1H. The Morgan fingerprint density at radius 1 is 1.25 bits per heavy atom. The lowest BCUT2D eigenvalue weighted by Crippen LogP contribution is -2.44. The van der Waals surface area contributed by atoms with E-state index in [1.807, 2.05) is 34.5 Å². The first-order valence-corrected chi connectivity index (χ1v) is 8.51. The summed E-state index contributed by atoms with van der Waals surface area (Å²) in [6.07, 6.45) is 0.924. The molecular formula is C17H21IN4OS. The van der Waals surface area contributed by atoms with Crippen molar-refractivity contribution in [2.24, 2.45) is 4.99 Å². The van der Waals surface area contributed by atoms with E-state index in [1.54, 1.807) is 18.4 Å². The van der Waals surface area contributed by atoms with Crippen molar-refractivity contribution in [2.75, 3.05) is 25.0 Å². The number of carbonyl (C=O) groups excluding carboxylic acids is 1. The Morgan fingerprint density at radius 2 is 2.08 bits per heavy atom. The molecule has 0 saturated heterocycles. The van der Waals surface area contributed by atoms with Gasteiger partial charge in [-0.25, -0.2) is 0 Å². The maximum absolute atomic E-state index is 12.4.